The lowest BCUT2D eigenvalue weighted by Crippen LogP contribution is -2.10. The first-order chi connectivity index (χ1) is 13.8. The maximum atomic E-state index is 11.5. The largest absolute Gasteiger partial charge is 0.464 e. The fourth-order valence-corrected chi connectivity index (χ4v) is 2.97. The molecule has 0 aliphatic heterocycles. The summed E-state index contributed by atoms with van der Waals surface area (Å²) in [6, 6.07) is 7.27. The Hall–Kier alpha value is -3.76. The average Bonchev–Trinajstić information content (AvgIpc) is 3.23. The summed E-state index contributed by atoms with van der Waals surface area (Å²) in [4.78, 5) is 44.6. The monoisotopic (exact) mass is 401 g/mol. The summed E-state index contributed by atoms with van der Waals surface area (Å²) in [7, 11) is 0. The van der Waals surface area contributed by atoms with E-state index in [9.17, 15) is 19.7 Å². The Morgan fingerprint density at radius 1 is 1.24 bits per heavy atom. The number of nitro groups is 1. The smallest absolute Gasteiger partial charge is 0.348 e. The molecule has 3 rings (SSSR count). The van der Waals surface area contributed by atoms with Crippen LogP contribution in [0.25, 0.3) is 22.7 Å². The van der Waals surface area contributed by atoms with Crippen LogP contribution in [0.2, 0.25) is 0 Å². The summed E-state index contributed by atoms with van der Waals surface area (Å²) in [6.07, 6.45) is -0.920. The van der Waals surface area contributed by atoms with E-state index >= 15 is 0 Å². The molecule has 1 N–H and O–H groups in total. The van der Waals surface area contributed by atoms with E-state index in [1.807, 2.05) is 18.2 Å². The van der Waals surface area contributed by atoms with E-state index in [1.54, 1.807) is 10.6 Å². The lowest BCUT2D eigenvalue weighted by Gasteiger charge is -2.08. The number of nitrogens with zero attached hydrogens (tertiary/aromatic N) is 4. The number of rotatable bonds is 7. The molecule has 11 nitrogen and oxygen atoms in total. The van der Waals surface area contributed by atoms with Crippen molar-refractivity contribution in [3.8, 4) is 11.6 Å². The van der Waals surface area contributed by atoms with Crippen LogP contribution in [0.15, 0.2) is 24.3 Å². The third-order valence-corrected chi connectivity index (χ3v) is 4.11. The summed E-state index contributed by atoms with van der Waals surface area (Å²) in [5.41, 5.74) is 1.39. The highest BCUT2D eigenvalue weighted by Crippen LogP contribution is 2.30. The van der Waals surface area contributed by atoms with Gasteiger partial charge in [0.25, 0.3) is 5.82 Å². The van der Waals surface area contributed by atoms with Gasteiger partial charge in [-0.15, -0.1) is 0 Å². The molecule has 152 valence electrons. The van der Waals surface area contributed by atoms with Gasteiger partial charge in [0, 0.05) is 13.8 Å². The van der Waals surface area contributed by atoms with Crippen molar-refractivity contribution in [1.29, 1.82) is 0 Å². The van der Waals surface area contributed by atoms with Crippen molar-refractivity contribution in [3.05, 3.63) is 40.1 Å². The normalized spacial score (nSPS) is 12.0. The number of ether oxygens (including phenoxy) is 2. The van der Waals surface area contributed by atoms with Gasteiger partial charge in [0.15, 0.2) is 5.69 Å². The van der Waals surface area contributed by atoms with Crippen LogP contribution in [0.5, 0.6) is 0 Å². The summed E-state index contributed by atoms with van der Waals surface area (Å²) in [5, 5.41) is 11.5. The average molecular weight is 401 g/mol. The molecule has 0 radical (unpaired) electrons. The SMILES string of the molecule is CC(=O)OCCn1c(-c2nc(C(C)OC(C)=O)c([N+](=O)[O-])[nH]2)nc2ccccc21. The van der Waals surface area contributed by atoms with E-state index < -0.39 is 23.0 Å². The Morgan fingerprint density at radius 3 is 2.62 bits per heavy atom. The number of aromatic amines is 1. The van der Waals surface area contributed by atoms with Crippen LogP contribution >= 0.6 is 0 Å². The number of carbonyl (C=O) groups is 2. The van der Waals surface area contributed by atoms with E-state index in [-0.39, 0.29) is 30.5 Å². The zero-order valence-electron chi connectivity index (χ0n) is 16.0. The quantitative estimate of drug-likeness (QED) is 0.361. The summed E-state index contributed by atoms with van der Waals surface area (Å²) < 4.78 is 11.8. The minimum absolute atomic E-state index is 0.0150. The zero-order chi connectivity index (χ0) is 21.1. The minimum atomic E-state index is -0.920. The number of aromatic nitrogens is 4. The van der Waals surface area contributed by atoms with E-state index in [2.05, 4.69) is 15.0 Å². The Kier molecular flexibility index (Phi) is 5.57. The van der Waals surface area contributed by atoms with Gasteiger partial charge in [0.05, 0.1) is 17.6 Å². The van der Waals surface area contributed by atoms with Crippen molar-refractivity contribution in [2.75, 3.05) is 6.61 Å². The molecule has 1 atom stereocenters. The zero-order valence-corrected chi connectivity index (χ0v) is 16.0. The number of esters is 2. The van der Waals surface area contributed by atoms with Gasteiger partial charge in [-0.2, -0.15) is 4.98 Å². The van der Waals surface area contributed by atoms with E-state index in [0.29, 0.717) is 11.3 Å². The first-order valence-corrected chi connectivity index (χ1v) is 8.78. The van der Waals surface area contributed by atoms with Crippen LogP contribution in [0.1, 0.15) is 32.6 Å². The first-order valence-electron chi connectivity index (χ1n) is 8.78. The van der Waals surface area contributed by atoms with E-state index in [4.69, 9.17) is 9.47 Å². The van der Waals surface area contributed by atoms with Crippen molar-refractivity contribution in [2.45, 2.75) is 33.4 Å². The lowest BCUT2D eigenvalue weighted by molar-refractivity contribution is -0.390. The molecule has 3 aromatic rings. The molecule has 2 heterocycles. The molecule has 0 amide bonds. The van der Waals surface area contributed by atoms with Crippen LogP contribution in [0.3, 0.4) is 0 Å². The lowest BCUT2D eigenvalue weighted by atomic mass is 10.3. The molecular formula is C18H19N5O6. The third kappa shape index (κ3) is 4.23. The van der Waals surface area contributed by atoms with Crippen LogP contribution in [-0.4, -0.2) is 43.0 Å². The molecule has 2 aromatic heterocycles. The van der Waals surface area contributed by atoms with Gasteiger partial charge < -0.3 is 24.2 Å². The number of fused-ring (bicyclic) bond motifs is 1. The Labute approximate surface area is 164 Å². The van der Waals surface area contributed by atoms with Gasteiger partial charge in [0.2, 0.25) is 5.82 Å². The number of nitrogens with one attached hydrogen (secondary N) is 1. The Balaban J connectivity index is 2.08. The van der Waals surface area contributed by atoms with Crippen molar-refractivity contribution in [2.24, 2.45) is 0 Å². The van der Waals surface area contributed by atoms with E-state index in [1.165, 1.54) is 20.8 Å². The second-order valence-electron chi connectivity index (χ2n) is 6.24. The minimum Gasteiger partial charge on any atom is -0.464 e. The maximum Gasteiger partial charge on any atom is 0.348 e. The fourth-order valence-electron chi connectivity index (χ4n) is 2.97. The molecule has 0 aliphatic rings. The number of hydrogen-bond acceptors (Lipinski definition) is 8. The summed E-state index contributed by atoms with van der Waals surface area (Å²) in [6.45, 7) is 4.40. The molecule has 0 saturated carbocycles. The summed E-state index contributed by atoms with van der Waals surface area (Å²) in [5.74, 6) is -0.896. The molecular weight excluding hydrogens is 382 g/mol. The molecule has 1 aromatic carbocycles. The third-order valence-electron chi connectivity index (χ3n) is 4.11. The van der Waals surface area contributed by atoms with Gasteiger partial charge in [0.1, 0.15) is 12.7 Å². The number of benzene rings is 1. The van der Waals surface area contributed by atoms with E-state index in [0.717, 1.165) is 5.52 Å². The van der Waals surface area contributed by atoms with Crippen LogP contribution < -0.4 is 0 Å². The van der Waals surface area contributed by atoms with Gasteiger partial charge >= 0.3 is 17.8 Å². The summed E-state index contributed by atoms with van der Waals surface area (Å²) >= 11 is 0. The molecule has 0 fully saturated rings. The predicted octanol–water partition coefficient (Wildman–Crippen LogP) is 2.52. The molecule has 0 spiro atoms. The van der Waals surface area contributed by atoms with Crippen molar-refractivity contribution >= 4 is 28.8 Å². The maximum absolute atomic E-state index is 11.5. The Morgan fingerprint density at radius 2 is 1.97 bits per heavy atom. The van der Waals surface area contributed by atoms with Crippen molar-refractivity contribution in [1.82, 2.24) is 19.5 Å². The van der Waals surface area contributed by atoms with Crippen LogP contribution in [0.4, 0.5) is 5.82 Å². The number of imidazole rings is 2. The molecule has 0 bridgehead atoms. The van der Waals surface area contributed by atoms with Crippen molar-refractivity contribution in [3.63, 3.8) is 0 Å². The van der Waals surface area contributed by atoms with Crippen LogP contribution in [0, 0.1) is 10.1 Å². The standard InChI is InChI=1S/C18H19N5O6/c1-10(29-12(3)25)15-17(23(26)27)21-16(20-15)18-19-13-6-4-5-7-14(13)22(18)8-9-28-11(2)24/h4-7,10H,8-9H2,1-3H3,(H,20,21). The highest BCUT2D eigenvalue weighted by molar-refractivity contribution is 5.79. The van der Waals surface area contributed by atoms with Crippen molar-refractivity contribution < 1.29 is 24.0 Å². The highest BCUT2D eigenvalue weighted by Gasteiger charge is 2.29. The number of para-hydroxylation sites is 2. The molecule has 0 aliphatic carbocycles. The van der Waals surface area contributed by atoms with Gasteiger partial charge in [-0.1, -0.05) is 12.1 Å². The number of hydrogen-bond donors (Lipinski definition) is 1. The van der Waals surface area contributed by atoms with Gasteiger partial charge in [-0.3, -0.25) is 9.59 Å². The molecule has 29 heavy (non-hydrogen) atoms. The highest BCUT2D eigenvalue weighted by atomic mass is 16.6. The second kappa shape index (κ2) is 8.09. The van der Waals surface area contributed by atoms with Crippen LogP contribution in [-0.2, 0) is 25.6 Å². The molecule has 11 heteroatoms. The number of carbonyl (C=O) groups excluding carboxylic acids is 2. The molecule has 0 saturated heterocycles. The molecule has 1 unspecified atom stereocenters. The second-order valence-corrected chi connectivity index (χ2v) is 6.24. The topological polar surface area (TPSA) is 142 Å². The van der Waals surface area contributed by atoms with Gasteiger partial charge in [-0.25, -0.2) is 9.97 Å². The van der Waals surface area contributed by atoms with Gasteiger partial charge in [-0.05, 0) is 24.0 Å². The first kappa shape index (κ1) is 20.0. The predicted molar refractivity (Wildman–Crippen MR) is 101 cm³/mol. The number of H-pyrrole nitrogens is 1. The Bertz CT molecular complexity index is 1090. The fraction of sp³-hybridized carbons (Fsp3) is 0.333.